The SMILES string of the molecule is NP(N)(=O)NC(=O)C1=CC=CCC1=S. The van der Waals surface area contributed by atoms with E-state index in [0.717, 1.165) is 0 Å². The Morgan fingerprint density at radius 3 is 2.71 bits per heavy atom. The second-order valence-corrected chi connectivity index (χ2v) is 4.92. The predicted octanol–water partition coefficient (Wildman–Crippen LogP) is 0.384. The van der Waals surface area contributed by atoms with Crippen LogP contribution in [0.25, 0.3) is 0 Å². The monoisotopic (exact) mass is 231 g/mol. The van der Waals surface area contributed by atoms with Crippen LogP contribution >= 0.6 is 19.8 Å². The van der Waals surface area contributed by atoms with Crippen LogP contribution < -0.4 is 16.1 Å². The van der Waals surface area contributed by atoms with E-state index in [4.69, 9.17) is 23.2 Å². The minimum atomic E-state index is -3.54. The maximum absolute atomic E-state index is 11.4. The smallest absolute Gasteiger partial charge is 0.279 e. The van der Waals surface area contributed by atoms with E-state index in [-0.39, 0.29) is 0 Å². The number of hydrogen-bond acceptors (Lipinski definition) is 3. The van der Waals surface area contributed by atoms with Gasteiger partial charge in [0.15, 0.2) is 0 Å². The first-order valence-electron chi connectivity index (χ1n) is 3.80. The fourth-order valence-electron chi connectivity index (χ4n) is 0.963. The highest BCUT2D eigenvalue weighted by atomic mass is 32.1. The highest BCUT2D eigenvalue weighted by Crippen LogP contribution is 2.20. The van der Waals surface area contributed by atoms with Crippen LogP contribution in [-0.2, 0) is 9.36 Å². The summed E-state index contributed by atoms with van der Waals surface area (Å²) in [6, 6.07) is 0. The quantitative estimate of drug-likeness (QED) is 0.471. The van der Waals surface area contributed by atoms with Gasteiger partial charge in [0.25, 0.3) is 5.91 Å². The van der Waals surface area contributed by atoms with Crippen molar-refractivity contribution in [1.82, 2.24) is 5.09 Å². The van der Waals surface area contributed by atoms with Gasteiger partial charge in [-0.3, -0.25) is 25.5 Å². The van der Waals surface area contributed by atoms with Crippen LogP contribution in [0, 0.1) is 0 Å². The molecule has 0 spiro atoms. The first kappa shape index (κ1) is 11.3. The molecule has 0 saturated heterocycles. The second kappa shape index (κ2) is 4.14. The van der Waals surface area contributed by atoms with Gasteiger partial charge >= 0.3 is 7.59 Å². The minimum absolute atomic E-state index is 0.290. The number of carbonyl (C=O) groups is 1. The number of nitrogens with one attached hydrogen (secondary N) is 1. The summed E-state index contributed by atoms with van der Waals surface area (Å²) in [6.07, 6.45) is 5.58. The van der Waals surface area contributed by atoms with Gasteiger partial charge in [-0.15, -0.1) is 0 Å². The fourth-order valence-corrected chi connectivity index (χ4v) is 1.66. The molecule has 0 radical (unpaired) electrons. The Balaban J connectivity index is 2.79. The number of rotatable bonds is 2. The van der Waals surface area contributed by atoms with E-state index in [9.17, 15) is 9.36 Å². The normalized spacial score (nSPS) is 16.4. The Morgan fingerprint density at radius 2 is 2.21 bits per heavy atom. The summed E-state index contributed by atoms with van der Waals surface area (Å²) in [4.78, 5) is 11.9. The third-order valence-corrected chi connectivity index (χ3v) is 2.46. The Bertz CT molecular complexity index is 382. The van der Waals surface area contributed by atoms with Crippen molar-refractivity contribution in [2.24, 2.45) is 11.0 Å². The third-order valence-electron chi connectivity index (χ3n) is 1.52. The molecule has 0 aromatic carbocycles. The lowest BCUT2D eigenvalue weighted by atomic mass is 10.0. The van der Waals surface area contributed by atoms with Gasteiger partial charge in [-0.05, 0) is 6.08 Å². The summed E-state index contributed by atoms with van der Waals surface area (Å²) in [5, 5.41) is 2.00. The molecule has 1 rings (SSSR count). The zero-order chi connectivity index (χ0) is 10.8. The van der Waals surface area contributed by atoms with Crippen molar-refractivity contribution in [3.05, 3.63) is 23.8 Å². The standard InChI is InChI=1S/C7H10N3O2PS/c8-13(9,12)10-7(11)5-3-1-2-4-6(5)14/h1-3H,4H2,(H5,8,9,10,11,12). The lowest BCUT2D eigenvalue weighted by Gasteiger charge is -2.12. The summed E-state index contributed by atoms with van der Waals surface area (Å²) < 4.78 is 10.9. The number of thiocarbonyl (C=S) groups is 1. The van der Waals surface area contributed by atoms with Crippen molar-refractivity contribution >= 4 is 30.6 Å². The number of allylic oxidation sites excluding steroid dienone is 3. The molecule has 0 unspecified atom stereocenters. The van der Waals surface area contributed by atoms with Crippen LogP contribution in [0.1, 0.15) is 6.42 Å². The number of carbonyl (C=O) groups excluding carboxylic acids is 1. The van der Waals surface area contributed by atoms with Crippen molar-refractivity contribution in [3.63, 3.8) is 0 Å². The number of hydrogen-bond donors (Lipinski definition) is 3. The molecule has 1 aliphatic carbocycles. The maximum Gasteiger partial charge on any atom is 0.300 e. The van der Waals surface area contributed by atoms with Crippen LogP contribution in [0.5, 0.6) is 0 Å². The molecule has 14 heavy (non-hydrogen) atoms. The summed E-state index contributed by atoms with van der Waals surface area (Å²) in [7, 11) is -3.54. The molecular weight excluding hydrogens is 221 g/mol. The Kier molecular flexibility index (Phi) is 3.34. The highest BCUT2D eigenvalue weighted by Gasteiger charge is 2.19. The molecule has 0 heterocycles. The molecule has 0 saturated carbocycles. The predicted molar refractivity (Wildman–Crippen MR) is 58.6 cm³/mol. The molecule has 0 aromatic rings. The summed E-state index contributed by atoms with van der Waals surface area (Å²) in [6.45, 7) is 0. The first-order chi connectivity index (χ1) is 6.40. The van der Waals surface area contributed by atoms with E-state index in [1.54, 1.807) is 6.08 Å². The molecule has 5 N–H and O–H groups in total. The van der Waals surface area contributed by atoms with Crippen LogP contribution in [0.2, 0.25) is 0 Å². The Hall–Kier alpha value is -0.810. The molecule has 1 aliphatic rings. The van der Waals surface area contributed by atoms with E-state index < -0.39 is 13.5 Å². The minimum Gasteiger partial charge on any atom is -0.279 e. The molecule has 0 atom stereocenters. The Morgan fingerprint density at radius 1 is 1.57 bits per heavy atom. The van der Waals surface area contributed by atoms with Gasteiger partial charge in [0, 0.05) is 11.3 Å². The molecule has 5 nitrogen and oxygen atoms in total. The van der Waals surface area contributed by atoms with Crippen molar-refractivity contribution in [2.75, 3.05) is 0 Å². The largest absolute Gasteiger partial charge is 0.300 e. The molecule has 0 aliphatic heterocycles. The maximum atomic E-state index is 11.4. The fraction of sp³-hybridized carbons (Fsp3) is 0.143. The van der Waals surface area contributed by atoms with Gasteiger partial charge in [-0.1, -0.05) is 24.4 Å². The first-order valence-corrected chi connectivity index (χ1v) is 6.05. The lowest BCUT2D eigenvalue weighted by molar-refractivity contribution is -0.115. The molecule has 7 heteroatoms. The van der Waals surface area contributed by atoms with Crippen molar-refractivity contribution in [3.8, 4) is 0 Å². The average Bonchev–Trinajstić information content (AvgIpc) is 2.01. The van der Waals surface area contributed by atoms with Gasteiger partial charge in [0.1, 0.15) is 0 Å². The average molecular weight is 231 g/mol. The second-order valence-electron chi connectivity index (χ2n) is 2.79. The Labute approximate surface area is 86.8 Å². The summed E-state index contributed by atoms with van der Waals surface area (Å²) in [5.41, 5.74) is 10.3. The molecular formula is C7H10N3O2PS. The zero-order valence-electron chi connectivity index (χ0n) is 7.27. The summed E-state index contributed by atoms with van der Waals surface area (Å²) in [5.74, 6) is -0.590. The number of amides is 1. The molecule has 0 bridgehead atoms. The third kappa shape index (κ3) is 3.16. The topological polar surface area (TPSA) is 98.2 Å². The molecule has 0 fully saturated rings. The van der Waals surface area contributed by atoms with Crippen molar-refractivity contribution in [1.29, 1.82) is 0 Å². The van der Waals surface area contributed by atoms with Gasteiger partial charge in [0.05, 0.1) is 5.57 Å². The van der Waals surface area contributed by atoms with E-state index in [1.807, 2.05) is 11.2 Å². The molecule has 1 amide bonds. The van der Waals surface area contributed by atoms with Crippen LogP contribution in [0.15, 0.2) is 23.8 Å². The van der Waals surface area contributed by atoms with Gasteiger partial charge < -0.3 is 0 Å². The van der Waals surface area contributed by atoms with Crippen molar-refractivity contribution < 1.29 is 9.36 Å². The van der Waals surface area contributed by atoms with Crippen molar-refractivity contribution in [2.45, 2.75) is 6.42 Å². The van der Waals surface area contributed by atoms with Crippen LogP contribution in [0.4, 0.5) is 0 Å². The lowest BCUT2D eigenvalue weighted by Crippen LogP contribution is -2.31. The van der Waals surface area contributed by atoms with E-state index in [0.29, 0.717) is 16.9 Å². The van der Waals surface area contributed by atoms with Gasteiger partial charge in [-0.2, -0.15) is 0 Å². The van der Waals surface area contributed by atoms with E-state index in [1.165, 1.54) is 6.08 Å². The number of nitrogens with two attached hydrogens (primary N) is 2. The van der Waals surface area contributed by atoms with E-state index >= 15 is 0 Å². The highest BCUT2D eigenvalue weighted by molar-refractivity contribution is 7.81. The van der Waals surface area contributed by atoms with E-state index in [2.05, 4.69) is 0 Å². The van der Waals surface area contributed by atoms with Gasteiger partial charge in [0.2, 0.25) is 0 Å². The molecule has 0 aromatic heterocycles. The van der Waals surface area contributed by atoms with Gasteiger partial charge in [-0.25, -0.2) is 0 Å². The summed E-state index contributed by atoms with van der Waals surface area (Å²) >= 11 is 4.94. The van der Waals surface area contributed by atoms with Crippen LogP contribution in [0.3, 0.4) is 0 Å². The zero-order valence-corrected chi connectivity index (χ0v) is 8.98. The molecule has 76 valence electrons. The van der Waals surface area contributed by atoms with Crippen LogP contribution in [-0.4, -0.2) is 10.8 Å².